The maximum absolute atomic E-state index is 12.7. The number of para-hydroxylation sites is 2. The predicted octanol–water partition coefficient (Wildman–Crippen LogP) is 7.23. The van der Waals surface area contributed by atoms with Crippen molar-refractivity contribution in [1.82, 2.24) is 15.3 Å². The van der Waals surface area contributed by atoms with Gasteiger partial charge in [-0.15, -0.1) is 0 Å². The molecule has 6 nitrogen and oxygen atoms in total. The fourth-order valence-corrected chi connectivity index (χ4v) is 4.21. The average Bonchev–Trinajstić information content (AvgIpc) is 3.50. The molecule has 0 aliphatic carbocycles. The first-order chi connectivity index (χ1) is 16.9. The lowest BCUT2D eigenvalue weighted by Crippen LogP contribution is -2.34. The van der Waals surface area contributed by atoms with Crippen LogP contribution in [0.2, 0.25) is 10.0 Å². The summed E-state index contributed by atoms with van der Waals surface area (Å²) in [7, 11) is 0. The highest BCUT2D eigenvalue weighted by molar-refractivity contribution is 7.80. The Hall–Kier alpha value is -3.65. The molecule has 5 rings (SSSR count). The lowest BCUT2D eigenvalue weighted by molar-refractivity contribution is 0.0951. The molecule has 0 unspecified atom stereocenters. The van der Waals surface area contributed by atoms with E-state index >= 15 is 0 Å². The molecule has 0 spiro atoms. The van der Waals surface area contributed by atoms with Gasteiger partial charge in [0.2, 0.25) is 0 Å². The number of fused-ring (bicyclic) bond motifs is 1. The number of hydrogen-bond acceptors (Lipinski definition) is 4. The summed E-state index contributed by atoms with van der Waals surface area (Å²) in [5, 5.41) is 6.63. The third-order valence-electron chi connectivity index (χ3n) is 5.42. The molecular formula is C26H18Cl2N4O2S. The number of amides is 1. The van der Waals surface area contributed by atoms with Crippen molar-refractivity contribution in [3.63, 3.8) is 0 Å². The fraction of sp³-hybridized carbons (Fsp3) is 0.0385. The van der Waals surface area contributed by atoms with E-state index in [1.54, 1.807) is 30.3 Å². The molecule has 2 heterocycles. The van der Waals surface area contributed by atoms with Crippen LogP contribution in [0.1, 0.15) is 16.1 Å². The summed E-state index contributed by atoms with van der Waals surface area (Å²) in [6.07, 6.45) is 0. The van der Waals surface area contributed by atoms with Crippen molar-refractivity contribution in [2.45, 2.75) is 6.92 Å². The lowest BCUT2D eigenvalue weighted by Gasteiger charge is -2.12. The van der Waals surface area contributed by atoms with Crippen LogP contribution in [0.25, 0.3) is 33.7 Å². The molecule has 0 bridgehead atoms. The Labute approximate surface area is 216 Å². The summed E-state index contributed by atoms with van der Waals surface area (Å²) < 4.78 is 5.69. The van der Waals surface area contributed by atoms with E-state index in [4.69, 9.17) is 39.8 Å². The Morgan fingerprint density at radius 3 is 2.69 bits per heavy atom. The van der Waals surface area contributed by atoms with E-state index in [9.17, 15) is 4.79 Å². The predicted molar refractivity (Wildman–Crippen MR) is 144 cm³/mol. The van der Waals surface area contributed by atoms with E-state index in [-0.39, 0.29) is 10.9 Å². The number of carbonyl (C=O) groups is 1. The fourth-order valence-electron chi connectivity index (χ4n) is 3.61. The minimum absolute atomic E-state index is 0.0907. The highest BCUT2D eigenvalue weighted by Gasteiger charge is 2.17. The van der Waals surface area contributed by atoms with Gasteiger partial charge in [-0.1, -0.05) is 53.5 Å². The van der Waals surface area contributed by atoms with Gasteiger partial charge in [-0.25, -0.2) is 4.98 Å². The number of carbonyl (C=O) groups excluding carboxylic acids is 1. The van der Waals surface area contributed by atoms with E-state index in [2.05, 4.69) is 20.6 Å². The Kier molecular flexibility index (Phi) is 6.30. The number of benzene rings is 3. The normalized spacial score (nSPS) is 10.9. The van der Waals surface area contributed by atoms with Gasteiger partial charge in [-0.3, -0.25) is 10.1 Å². The molecule has 35 heavy (non-hydrogen) atoms. The smallest absolute Gasteiger partial charge is 0.293 e. The number of imidazole rings is 1. The quantitative estimate of drug-likeness (QED) is 0.217. The second-order valence-electron chi connectivity index (χ2n) is 7.81. The van der Waals surface area contributed by atoms with Gasteiger partial charge in [-0.2, -0.15) is 0 Å². The number of aromatic nitrogens is 2. The first-order valence-electron chi connectivity index (χ1n) is 10.6. The number of hydrogen-bond donors (Lipinski definition) is 3. The number of furan rings is 1. The van der Waals surface area contributed by atoms with Gasteiger partial charge >= 0.3 is 0 Å². The molecule has 3 aromatic carbocycles. The van der Waals surface area contributed by atoms with E-state index in [0.29, 0.717) is 21.4 Å². The molecule has 0 atom stereocenters. The molecule has 0 fully saturated rings. The Bertz CT molecular complexity index is 1560. The number of anilines is 1. The van der Waals surface area contributed by atoms with E-state index in [1.807, 2.05) is 49.4 Å². The lowest BCUT2D eigenvalue weighted by atomic mass is 10.1. The third-order valence-corrected chi connectivity index (χ3v) is 6.45. The first-order valence-corrected chi connectivity index (χ1v) is 11.8. The van der Waals surface area contributed by atoms with Crippen molar-refractivity contribution in [2.24, 2.45) is 0 Å². The van der Waals surface area contributed by atoms with Gasteiger partial charge in [0.15, 0.2) is 10.9 Å². The number of rotatable bonds is 4. The van der Waals surface area contributed by atoms with E-state index in [0.717, 1.165) is 33.7 Å². The summed E-state index contributed by atoms with van der Waals surface area (Å²) >= 11 is 17.7. The molecule has 0 aliphatic rings. The maximum Gasteiger partial charge on any atom is 0.293 e. The van der Waals surface area contributed by atoms with Crippen LogP contribution in [-0.2, 0) is 0 Å². The number of thiocarbonyl (C=S) groups is 1. The summed E-state index contributed by atoms with van der Waals surface area (Å²) in [5.41, 5.74) is 5.03. The number of H-pyrrole nitrogens is 1. The molecule has 0 saturated heterocycles. The molecule has 0 aliphatic heterocycles. The van der Waals surface area contributed by atoms with Gasteiger partial charge in [0, 0.05) is 16.8 Å². The largest absolute Gasteiger partial charge is 0.451 e. The maximum atomic E-state index is 12.7. The second kappa shape index (κ2) is 9.54. The summed E-state index contributed by atoms with van der Waals surface area (Å²) in [6, 6.07) is 22.1. The van der Waals surface area contributed by atoms with E-state index < -0.39 is 5.91 Å². The minimum atomic E-state index is -0.488. The standard InChI is InChI=1S/C26H18Cl2N4O2S/c1-14-9-10-15(24-29-18-7-2-3-8-19(18)30-24)13-20(14)31-26(35)32-25(33)22-12-11-21(34-22)16-5-4-6-17(27)23(16)28/h2-13H,1H3,(H,29,30)(H2,31,32,33,35). The van der Waals surface area contributed by atoms with Crippen LogP contribution in [0.3, 0.4) is 0 Å². The summed E-state index contributed by atoms with van der Waals surface area (Å²) in [5.74, 6) is 0.772. The number of aromatic amines is 1. The highest BCUT2D eigenvalue weighted by atomic mass is 35.5. The van der Waals surface area contributed by atoms with Crippen LogP contribution >= 0.6 is 35.4 Å². The molecular weight excluding hydrogens is 503 g/mol. The minimum Gasteiger partial charge on any atom is -0.451 e. The molecule has 3 N–H and O–H groups in total. The van der Waals surface area contributed by atoms with Gasteiger partial charge < -0.3 is 14.7 Å². The van der Waals surface area contributed by atoms with Crippen LogP contribution in [0, 0.1) is 6.92 Å². The number of nitrogens with zero attached hydrogens (tertiary/aromatic N) is 1. The Morgan fingerprint density at radius 1 is 1.03 bits per heavy atom. The second-order valence-corrected chi connectivity index (χ2v) is 9.00. The first kappa shape index (κ1) is 23.1. The zero-order valence-corrected chi connectivity index (χ0v) is 20.7. The van der Waals surface area contributed by atoms with Gasteiger partial charge in [-0.05, 0) is 67.2 Å². The van der Waals surface area contributed by atoms with Crippen LogP contribution in [-0.4, -0.2) is 21.0 Å². The van der Waals surface area contributed by atoms with Crippen molar-refractivity contribution >= 4 is 63.2 Å². The third kappa shape index (κ3) is 4.79. The summed E-state index contributed by atoms with van der Waals surface area (Å²) in [4.78, 5) is 20.7. The van der Waals surface area contributed by atoms with Crippen molar-refractivity contribution in [1.29, 1.82) is 0 Å². The van der Waals surface area contributed by atoms with Crippen LogP contribution in [0.4, 0.5) is 5.69 Å². The number of nitrogens with one attached hydrogen (secondary N) is 3. The van der Waals surface area contributed by atoms with Gasteiger partial charge in [0.1, 0.15) is 11.6 Å². The topological polar surface area (TPSA) is 83.0 Å². The van der Waals surface area contributed by atoms with Crippen molar-refractivity contribution < 1.29 is 9.21 Å². The molecule has 2 aromatic heterocycles. The SMILES string of the molecule is Cc1ccc(-c2nc3ccccc3[nH]2)cc1NC(=S)NC(=O)c1ccc(-c2cccc(Cl)c2Cl)o1. The van der Waals surface area contributed by atoms with Crippen LogP contribution in [0.15, 0.2) is 77.2 Å². The molecule has 5 aromatic rings. The zero-order chi connectivity index (χ0) is 24.5. The highest BCUT2D eigenvalue weighted by Crippen LogP contribution is 2.34. The Balaban J connectivity index is 1.30. The number of aryl methyl sites for hydroxylation is 1. The van der Waals surface area contributed by atoms with Crippen molar-refractivity contribution in [2.75, 3.05) is 5.32 Å². The molecule has 174 valence electrons. The number of halogens is 2. The van der Waals surface area contributed by atoms with Gasteiger partial charge in [0.05, 0.1) is 21.1 Å². The molecule has 0 radical (unpaired) electrons. The van der Waals surface area contributed by atoms with Crippen LogP contribution < -0.4 is 10.6 Å². The summed E-state index contributed by atoms with van der Waals surface area (Å²) in [6.45, 7) is 1.95. The average molecular weight is 521 g/mol. The van der Waals surface area contributed by atoms with Crippen molar-refractivity contribution in [3.8, 4) is 22.7 Å². The van der Waals surface area contributed by atoms with E-state index in [1.165, 1.54) is 0 Å². The zero-order valence-electron chi connectivity index (χ0n) is 18.4. The molecule has 1 amide bonds. The van der Waals surface area contributed by atoms with Crippen molar-refractivity contribution in [3.05, 3.63) is 94.2 Å². The molecule has 0 saturated carbocycles. The van der Waals surface area contributed by atoms with Crippen LogP contribution in [0.5, 0.6) is 0 Å². The monoisotopic (exact) mass is 520 g/mol. The Morgan fingerprint density at radius 2 is 1.86 bits per heavy atom. The molecule has 9 heteroatoms. The van der Waals surface area contributed by atoms with Gasteiger partial charge in [0.25, 0.3) is 5.91 Å².